The van der Waals surface area contributed by atoms with Crippen LogP contribution in [-0.4, -0.2) is 152 Å². The lowest BCUT2D eigenvalue weighted by molar-refractivity contribution is -0.304. The van der Waals surface area contributed by atoms with E-state index < -0.39 is 0 Å². The second-order valence-corrected chi connectivity index (χ2v) is 16.8. The molecule has 0 aromatic carbocycles. The van der Waals surface area contributed by atoms with Crippen molar-refractivity contribution in [3.63, 3.8) is 0 Å². The number of hydrogen-bond donors (Lipinski definition) is 0. The van der Waals surface area contributed by atoms with Gasteiger partial charge in [-0.25, -0.2) is 0 Å². The van der Waals surface area contributed by atoms with Crippen molar-refractivity contribution in [2.75, 3.05) is 52.9 Å². The Morgan fingerprint density at radius 2 is 0.321 bits per heavy atom. The molecule has 0 aromatic heterocycles. The molecule has 0 aromatic rings. The molecule has 0 radical (unpaired) electrons. The first-order valence-electron chi connectivity index (χ1n) is 21.8. The molecule has 16 atom stereocenters. The highest BCUT2D eigenvalue weighted by molar-refractivity contribution is 4.78. The van der Waals surface area contributed by atoms with E-state index in [9.17, 15) is 0 Å². The molecule has 0 aliphatic carbocycles. The molecule has 0 N–H and O–H groups in total. The number of rotatable bonds is 0. The fourth-order valence-corrected chi connectivity index (χ4v) is 9.07. The minimum absolute atomic E-state index is 0.0161. The van der Waals surface area contributed by atoms with Crippen LogP contribution < -0.4 is 0 Å². The molecule has 30 aliphatic heterocycles. The van der Waals surface area contributed by atoms with E-state index in [2.05, 4.69) is 0 Å². The van der Waals surface area contributed by atoms with E-state index in [4.69, 9.17) is 75.8 Å². The molecule has 30 saturated heterocycles. The van der Waals surface area contributed by atoms with Crippen molar-refractivity contribution in [1.29, 1.82) is 0 Å². The highest BCUT2D eigenvalue weighted by atomic mass is 16.8. The van der Waals surface area contributed by atoms with Crippen LogP contribution in [0.2, 0.25) is 0 Å². The van der Waals surface area contributed by atoms with E-state index in [0.717, 1.165) is 103 Å². The van der Waals surface area contributed by atoms with Gasteiger partial charge in [0.25, 0.3) is 0 Å². The molecule has 16 bridgehead atoms. The molecule has 30 fully saturated rings. The Hall–Kier alpha value is -0.640. The van der Waals surface area contributed by atoms with Gasteiger partial charge in [0.1, 0.15) is 0 Å². The minimum Gasteiger partial charge on any atom is -0.370 e. The predicted molar refractivity (Wildman–Crippen MR) is 191 cm³/mol. The normalized spacial score (nSPS) is 48.0. The Morgan fingerprint density at radius 3 is 0.482 bits per heavy atom. The maximum Gasteiger partial charge on any atom is 0.160 e. The van der Waals surface area contributed by atoms with Gasteiger partial charge in [0.05, 0.1) is 102 Å². The van der Waals surface area contributed by atoms with Gasteiger partial charge in [-0.1, -0.05) is 0 Å². The van der Waals surface area contributed by atoms with Gasteiger partial charge < -0.3 is 75.8 Å². The van der Waals surface area contributed by atoms with Gasteiger partial charge in [0.15, 0.2) is 50.3 Å². The fraction of sp³-hybridized carbons (Fsp3) is 1.00. The average molecular weight is 801 g/mol. The molecule has 320 valence electrons. The van der Waals surface area contributed by atoms with Gasteiger partial charge in [-0.15, -0.1) is 0 Å². The molecule has 30 rings (SSSR count). The second-order valence-electron chi connectivity index (χ2n) is 16.8. The van der Waals surface area contributed by atoms with Crippen LogP contribution in [0.1, 0.15) is 103 Å². The summed E-state index contributed by atoms with van der Waals surface area (Å²) in [5, 5.41) is 0. The van der Waals surface area contributed by atoms with Crippen LogP contribution in [-0.2, 0) is 75.8 Å². The SMILES string of the molecule is C1CC2OCC1OC1CCC(OC1)OC1CCC(CO1)OC1CCC(CO1)OC1CCC(CO1)OC1CCC(CO1)OC1CCC(CO1)OC1CCC(CO1)O2. The molecule has 16 heteroatoms. The quantitative estimate of drug-likeness (QED) is 0.345. The molecule has 0 amide bonds. The zero-order chi connectivity index (χ0) is 37.5. The number of ether oxygens (including phenoxy) is 16. The Balaban J connectivity index is 0.729. The van der Waals surface area contributed by atoms with Crippen LogP contribution in [0.4, 0.5) is 0 Å². The third-order valence-electron chi connectivity index (χ3n) is 12.3. The van der Waals surface area contributed by atoms with E-state index in [1.165, 1.54) is 0 Å². The predicted octanol–water partition coefficient (Wildman–Crippen LogP) is 4.17. The van der Waals surface area contributed by atoms with Crippen molar-refractivity contribution < 1.29 is 75.8 Å². The Bertz CT molecular complexity index is 777. The van der Waals surface area contributed by atoms with Crippen molar-refractivity contribution in [1.82, 2.24) is 0 Å². The van der Waals surface area contributed by atoms with Gasteiger partial charge in [-0.3, -0.25) is 0 Å². The maximum atomic E-state index is 6.37. The third kappa shape index (κ3) is 11.8. The topological polar surface area (TPSA) is 148 Å². The first-order chi connectivity index (χ1) is 27.6. The van der Waals surface area contributed by atoms with Gasteiger partial charge in [-0.05, 0) is 51.4 Å². The molecular formula is C40H64O16. The Morgan fingerprint density at radius 1 is 0.161 bits per heavy atom. The third-order valence-corrected chi connectivity index (χ3v) is 12.3. The summed E-state index contributed by atoms with van der Waals surface area (Å²) in [7, 11) is 0. The zero-order valence-corrected chi connectivity index (χ0v) is 32.7. The first kappa shape index (κ1) is 40.7. The van der Waals surface area contributed by atoms with E-state index in [0.29, 0.717) is 52.9 Å². The largest absolute Gasteiger partial charge is 0.370 e. The maximum absolute atomic E-state index is 6.37. The smallest absolute Gasteiger partial charge is 0.160 e. The summed E-state index contributed by atoms with van der Waals surface area (Å²) >= 11 is 0. The fourth-order valence-electron chi connectivity index (χ4n) is 9.07. The summed E-state index contributed by atoms with van der Waals surface area (Å²) in [6.07, 6.45) is 10.8. The summed E-state index contributed by atoms with van der Waals surface area (Å²) in [6.45, 7) is 3.86. The van der Waals surface area contributed by atoms with Gasteiger partial charge in [0.2, 0.25) is 0 Å². The highest BCUT2D eigenvalue weighted by Crippen LogP contribution is 2.31. The van der Waals surface area contributed by atoms with Crippen molar-refractivity contribution in [2.45, 2.75) is 202 Å². The zero-order valence-electron chi connectivity index (χ0n) is 32.7. The molecule has 16 nitrogen and oxygen atoms in total. The van der Waals surface area contributed by atoms with Crippen molar-refractivity contribution >= 4 is 0 Å². The molecular weight excluding hydrogens is 736 g/mol. The van der Waals surface area contributed by atoms with Gasteiger partial charge >= 0.3 is 0 Å². The lowest BCUT2D eigenvalue weighted by atomic mass is 10.1. The van der Waals surface area contributed by atoms with Gasteiger partial charge in [-0.2, -0.15) is 0 Å². The molecule has 16 unspecified atom stereocenters. The molecule has 56 heavy (non-hydrogen) atoms. The van der Waals surface area contributed by atoms with E-state index in [-0.39, 0.29) is 99.2 Å². The van der Waals surface area contributed by atoms with Gasteiger partial charge in [0, 0.05) is 51.4 Å². The first-order valence-corrected chi connectivity index (χ1v) is 21.8. The van der Waals surface area contributed by atoms with Crippen LogP contribution in [0.3, 0.4) is 0 Å². The minimum atomic E-state index is -0.304. The summed E-state index contributed by atoms with van der Waals surface area (Å²) < 4.78 is 98.7. The summed E-state index contributed by atoms with van der Waals surface area (Å²) in [4.78, 5) is 0. The number of hydrogen-bond acceptors (Lipinski definition) is 16. The van der Waals surface area contributed by atoms with Crippen molar-refractivity contribution in [3.05, 3.63) is 0 Å². The van der Waals surface area contributed by atoms with E-state index >= 15 is 0 Å². The monoisotopic (exact) mass is 800 g/mol. The highest BCUT2D eigenvalue weighted by Gasteiger charge is 2.37. The second kappa shape index (κ2) is 20.3. The molecule has 30 heterocycles. The van der Waals surface area contributed by atoms with Crippen molar-refractivity contribution in [2.24, 2.45) is 0 Å². The average Bonchev–Trinajstić information content (AvgIpc) is 3.23. The molecule has 0 saturated carbocycles. The van der Waals surface area contributed by atoms with E-state index in [1.54, 1.807) is 0 Å². The standard InChI is InChI=1S/C40H64O16/c1-9-33-41-17-25(1)49-26-2-15-39(47-18-26)56-40-16-8-32(24-48-40)55-38-14-7-31(23-46-38)54-37-13-6-30(22-45-37)53-36-12-5-29(21-44-36)52-35-11-4-28(20-43-35)51-34-10-3-27(50-33)19-42-34/h25-40H,1-24H2. The van der Waals surface area contributed by atoms with E-state index in [1.807, 2.05) is 0 Å². The summed E-state index contributed by atoms with van der Waals surface area (Å²) in [5.41, 5.74) is 0. The van der Waals surface area contributed by atoms with Crippen LogP contribution >= 0.6 is 0 Å². The van der Waals surface area contributed by atoms with Crippen molar-refractivity contribution in [3.8, 4) is 0 Å². The van der Waals surface area contributed by atoms with Crippen LogP contribution in [0.15, 0.2) is 0 Å². The lowest BCUT2D eigenvalue weighted by Crippen LogP contribution is -2.44. The van der Waals surface area contributed by atoms with Crippen LogP contribution in [0, 0.1) is 0 Å². The molecule has 30 aliphatic rings. The lowest BCUT2D eigenvalue weighted by Gasteiger charge is -2.39. The Labute approximate surface area is 330 Å². The summed E-state index contributed by atoms with van der Waals surface area (Å²) in [5.74, 6) is 0. The Kier molecular flexibility index (Phi) is 14.8. The van der Waals surface area contributed by atoms with Crippen LogP contribution in [0.25, 0.3) is 0 Å². The van der Waals surface area contributed by atoms with Crippen LogP contribution in [0.5, 0.6) is 0 Å². The summed E-state index contributed by atoms with van der Waals surface area (Å²) in [6, 6.07) is 0. The molecule has 0 spiro atoms.